The standard InChI is InChI=1S/C22H35N5O.HI/c1-4-10-22(2)11-5-13-27(17-22)21(23-3)25-15-18-6-8-19(9-7-18)26-14-12-24-20(28)16-26;/h6-9H,4-5,10-17H2,1-3H3,(H,23,25)(H,24,28);1H. The van der Waals surface area contributed by atoms with E-state index in [4.69, 9.17) is 0 Å². The van der Waals surface area contributed by atoms with E-state index in [1.165, 1.54) is 31.2 Å². The van der Waals surface area contributed by atoms with E-state index < -0.39 is 0 Å². The van der Waals surface area contributed by atoms with Gasteiger partial charge in [-0.2, -0.15) is 0 Å². The molecule has 0 radical (unpaired) electrons. The van der Waals surface area contributed by atoms with Crippen LogP contribution < -0.4 is 15.5 Å². The normalized spacial score (nSPS) is 22.7. The molecule has 2 saturated heterocycles. The summed E-state index contributed by atoms with van der Waals surface area (Å²) in [4.78, 5) is 20.7. The van der Waals surface area contributed by atoms with Crippen molar-refractivity contribution in [1.82, 2.24) is 15.5 Å². The van der Waals surface area contributed by atoms with Gasteiger partial charge in [0.1, 0.15) is 0 Å². The van der Waals surface area contributed by atoms with Crippen molar-refractivity contribution >= 4 is 41.5 Å². The number of piperazine rings is 1. The Kier molecular flexibility index (Phi) is 9.04. The number of carbonyl (C=O) groups excluding carboxylic acids is 1. The Morgan fingerprint density at radius 1 is 1.28 bits per heavy atom. The van der Waals surface area contributed by atoms with E-state index in [1.54, 1.807) is 0 Å². The molecule has 2 N–H and O–H groups in total. The summed E-state index contributed by atoms with van der Waals surface area (Å²) >= 11 is 0. The maximum Gasteiger partial charge on any atom is 0.239 e. The van der Waals surface area contributed by atoms with Gasteiger partial charge in [-0.3, -0.25) is 9.79 Å². The second-order valence-corrected chi connectivity index (χ2v) is 8.42. The number of amides is 1. The van der Waals surface area contributed by atoms with E-state index in [-0.39, 0.29) is 29.9 Å². The second kappa shape index (κ2) is 11.0. The fourth-order valence-electron chi connectivity index (χ4n) is 4.50. The summed E-state index contributed by atoms with van der Waals surface area (Å²) in [6.07, 6.45) is 5.05. The summed E-state index contributed by atoms with van der Waals surface area (Å²) in [7, 11) is 1.87. The number of halogens is 1. The maximum absolute atomic E-state index is 11.6. The minimum atomic E-state index is 0. The minimum Gasteiger partial charge on any atom is -0.360 e. The quantitative estimate of drug-likeness (QED) is 0.361. The van der Waals surface area contributed by atoms with Crippen LogP contribution in [0.15, 0.2) is 29.3 Å². The van der Waals surface area contributed by atoms with Crippen molar-refractivity contribution < 1.29 is 4.79 Å². The predicted octanol–water partition coefficient (Wildman–Crippen LogP) is 3.22. The molecule has 162 valence electrons. The Hall–Kier alpha value is -1.51. The van der Waals surface area contributed by atoms with Crippen LogP contribution in [0.2, 0.25) is 0 Å². The highest BCUT2D eigenvalue weighted by Crippen LogP contribution is 2.33. The van der Waals surface area contributed by atoms with Crippen LogP contribution in [-0.4, -0.2) is 56.5 Å². The summed E-state index contributed by atoms with van der Waals surface area (Å²) in [6, 6.07) is 8.49. The van der Waals surface area contributed by atoms with E-state index in [2.05, 4.69) is 63.5 Å². The fraction of sp³-hybridized carbons (Fsp3) is 0.636. The lowest BCUT2D eigenvalue weighted by molar-refractivity contribution is -0.120. The molecule has 0 aliphatic carbocycles. The fourth-order valence-corrected chi connectivity index (χ4v) is 4.50. The molecule has 0 saturated carbocycles. The van der Waals surface area contributed by atoms with Gasteiger partial charge in [-0.05, 0) is 42.4 Å². The zero-order valence-corrected chi connectivity index (χ0v) is 20.4. The van der Waals surface area contributed by atoms with Crippen LogP contribution in [-0.2, 0) is 11.3 Å². The van der Waals surface area contributed by atoms with Crippen molar-refractivity contribution in [3.63, 3.8) is 0 Å². The first-order valence-corrected chi connectivity index (χ1v) is 10.6. The van der Waals surface area contributed by atoms with Gasteiger partial charge in [-0.1, -0.05) is 32.4 Å². The summed E-state index contributed by atoms with van der Waals surface area (Å²) in [5.41, 5.74) is 2.72. The third-order valence-corrected chi connectivity index (χ3v) is 5.94. The first kappa shape index (κ1) is 23.8. The van der Waals surface area contributed by atoms with Crippen LogP contribution in [0.1, 0.15) is 45.1 Å². The number of hydrogen-bond acceptors (Lipinski definition) is 3. The summed E-state index contributed by atoms with van der Waals surface area (Å²) in [5.74, 6) is 1.09. The molecule has 1 unspecified atom stereocenters. The molecule has 1 atom stereocenters. The van der Waals surface area contributed by atoms with Gasteiger partial charge in [0.2, 0.25) is 5.91 Å². The summed E-state index contributed by atoms with van der Waals surface area (Å²) in [5, 5.41) is 6.41. The van der Waals surface area contributed by atoms with Gasteiger partial charge in [0, 0.05) is 45.5 Å². The number of aliphatic imine (C=N–C) groups is 1. The van der Waals surface area contributed by atoms with Crippen LogP contribution in [0.4, 0.5) is 5.69 Å². The van der Waals surface area contributed by atoms with Crippen molar-refractivity contribution in [2.45, 2.75) is 46.1 Å². The Morgan fingerprint density at radius 2 is 2.03 bits per heavy atom. The number of nitrogens with one attached hydrogen (secondary N) is 2. The Labute approximate surface area is 192 Å². The third-order valence-electron chi connectivity index (χ3n) is 5.94. The van der Waals surface area contributed by atoms with Gasteiger partial charge < -0.3 is 20.4 Å². The largest absolute Gasteiger partial charge is 0.360 e. The molecule has 2 heterocycles. The number of nitrogens with zero attached hydrogens (tertiary/aromatic N) is 3. The van der Waals surface area contributed by atoms with Crippen LogP contribution in [0.5, 0.6) is 0 Å². The summed E-state index contributed by atoms with van der Waals surface area (Å²) < 4.78 is 0. The number of anilines is 1. The lowest BCUT2D eigenvalue weighted by Crippen LogP contribution is -2.49. The first-order valence-electron chi connectivity index (χ1n) is 10.6. The van der Waals surface area contributed by atoms with Gasteiger partial charge in [0.25, 0.3) is 0 Å². The molecule has 29 heavy (non-hydrogen) atoms. The molecule has 1 aromatic rings. The van der Waals surface area contributed by atoms with Gasteiger partial charge in [0.15, 0.2) is 5.96 Å². The average Bonchev–Trinajstić information content (AvgIpc) is 2.69. The molecule has 2 aliphatic heterocycles. The van der Waals surface area contributed by atoms with Crippen LogP contribution in [0, 0.1) is 5.41 Å². The number of carbonyl (C=O) groups is 1. The molecule has 0 aromatic heterocycles. The number of piperidine rings is 1. The molecule has 3 rings (SSSR count). The highest BCUT2D eigenvalue weighted by Gasteiger charge is 2.31. The number of rotatable bonds is 5. The number of likely N-dealkylation sites (tertiary alicyclic amines) is 1. The van der Waals surface area contributed by atoms with E-state index in [1.807, 2.05) is 7.05 Å². The Morgan fingerprint density at radius 3 is 2.69 bits per heavy atom. The maximum atomic E-state index is 11.6. The molecule has 6 nitrogen and oxygen atoms in total. The van der Waals surface area contributed by atoms with E-state index in [9.17, 15) is 4.79 Å². The van der Waals surface area contributed by atoms with Crippen LogP contribution in [0.3, 0.4) is 0 Å². The summed E-state index contributed by atoms with van der Waals surface area (Å²) in [6.45, 7) is 9.62. The third kappa shape index (κ3) is 6.49. The lowest BCUT2D eigenvalue weighted by Gasteiger charge is -2.42. The van der Waals surface area contributed by atoms with Crippen LogP contribution >= 0.6 is 24.0 Å². The van der Waals surface area contributed by atoms with E-state index in [0.717, 1.165) is 37.8 Å². The highest BCUT2D eigenvalue weighted by molar-refractivity contribution is 14.0. The lowest BCUT2D eigenvalue weighted by atomic mass is 9.78. The second-order valence-electron chi connectivity index (χ2n) is 8.42. The topological polar surface area (TPSA) is 60.0 Å². The Balaban J connectivity index is 0.00000300. The number of guanidine groups is 1. The van der Waals surface area contributed by atoms with Crippen molar-refractivity contribution in [1.29, 1.82) is 0 Å². The zero-order valence-electron chi connectivity index (χ0n) is 18.0. The molecular weight excluding hydrogens is 477 g/mol. The first-order chi connectivity index (χ1) is 13.5. The molecule has 2 aliphatic rings. The minimum absolute atomic E-state index is 0. The molecule has 7 heteroatoms. The van der Waals surface area contributed by atoms with Gasteiger partial charge in [0.05, 0.1) is 6.54 Å². The molecule has 0 bridgehead atoms. The molecular formula is C22H36IN5O. The number of benzene rings is 1. The van der Waals surface area contributed by atoms with Crippen molar-refractivity contribution in [2.24, 2.45) is 10.4 Å². The van der Waals surface area contributed by atoms with E-state index in [0.29, 0.717) is 18.5 Å². The molecule has 2 fully saturated rings. The predicted molar refractivity (Wildman–Crippen MR) is 131 cm³/mol. The Bertz CT molecular complexity index is 689. The smallest absolute Gasteiger partial charge is 0.239 e. The van der Waals surface area contributed by atoms with Crippen LogP contribution in [0.25, 0.3) is 0 Å². The number of hydrogen-bond donors (Lipinski definition) is 2. The van der Waals surface area contributed by atoms with Crippen molar-refractivity contribution in [3.8, 4) is 0 Å². The molecule has 0 spiro atoms. The van der Waals surface area contributed by atoms with Crippen molar-refractivity contribution in [2.75, 3.05) is 44.7 Å². The van der Waals surface area contributed by atoms with E-state index >= 15 is 0 Å². The average molecular weight is 513 g/mol. The van der Waals surface area contributed by atoms with Gasteiger partial charge in [-0.25, -0.2) is 0 Å². The zero-order chi connectivity index (χ0) is 20.0. The van der Waals surface area contributed by atoms with Gasteiger partial charge in [-0.15, -0.1) is 24.0 Å². The molecule has 1 amide bonds. The highest BCUT2D eigenvalue weighted by atomic mass is 127. The van der Waals surface area contributed by atoms with Crippen molar-refractivity contribution in [3.05, 3.63) is 29.8 Å². The SMILES string of the molecule is CCCC1(C)CCCN(C(=NC)NCc2ccc(N3CCNC(=O)C3)cc2)C1.I. The monoisotopic (exact) mass is 513 g/mol. The molecule has 1 aromatic carbocycles. The van der Waals surface area contributed by atoms with Gasteiger partial charge >= 0.3 is 0 Å².